The molecule has 3 rings (SSSR count). The summed E-state index contributed by atoms with van der Waals surface area (Å²) in [5, 5.41) is 1.79. The fourth-order valence-electron chi connectivity index (χ4n) is 2.74. The number of carbonyl (C=O) groups excluding carboxylic acids is 1. The standard InChI is InChI=1S/C18H21NO6S/c1-12(26(3,21)22)24-16-7-5-13-8-15(6-4-14(13)9-16)19-10-17(11-23-2)25-18(19)20/h4-9,12,17H,10-11H2,1-3H3. The molecule has 26 heavy (non-hydrogen) atoms. The van der Waals surface area contributed by atoms with E-state index in [1.54, 1.807) is 24.1 Å². The van der Waals surface area contributed by atoms with Gasteiger partial charge in [0, 0.05) is 19.1 Å². The largest absolute Gasteiger partial charge is 0.475 e. The molecule has 140 valence electrons. The third kappa shape index (κ3) is 3.91. The number of carbonyl (C=O) groups is 1. The van der Waals surface area contributed by atoms with Gasteiger partial charge in [-0.05, 0) is 42.0 Å². The lowest BCUT2D eigenvalue weighted by atomic mass is 10.1. The molecular formula is C18H21NO6S. The van der Waals surface area contributed by atoms with Gasteiger partial charge in [-0.15, -0.1) is 0 Å². The average molecular weight is 379 g/mol. The Bertz CT molecular complexity index is 926. The molecule has 0 bridgehead atoms. The highest BCUT2D eigenvalue weighted by Gasteiger charge is 2.32. The predicted octanol–water partition coefficient (Wildman–Crippen LogP) is 2.58. The molecule has 0 N–H and O–H groups in total. The lowest BCUT2D eigenvalue weighted by molar-refractivity contribution is 0.0718. The maximum absolute atomic E-state index is 12.0. The number of benzene rings is 2. The first-order valence-corrected chi connectivity index (χ1v) is 10.1. The number of anilines is 1. The smallest absolute Gasteiger partial charge is 0.414 e. The number of amides is 1. The van der Waals surface area contributed by atoms with Crippen LogP contribution in [-0.4, -0.2) is 52.6 Å². The molecule has 0 spiro atoms. The van der Waals surface area contributed by atoms with Gasteiger partial charge in [0.25, 0.3) is 0 Å². The Labute approximate surface area is 152 Å². The van der Waals surface area contributed by atoms with E-state index in [1.165, 1.54) is 6.92 Å². The van der Waals surface area contributed by atoms with Gasteiger partial charge >= 0.3 is 6.09 Å². The maximum atomic E-state index is 12.0. The molecule has 2 unspecified atom stereocenters. The molecule has 0 aromatic heterocycles. The number of rotatable bonds is 6. The highest BCUT2D eigenvalue weighted by Crippen LogP contribution is 2.28. The average Bonchev–Trinajstić information content (AvgIpc) is 2.94. The van der Waals surface area contributed by atoms with Crippen LogP contribution in [0.4, 0.5) is 10.5 Å². The van der Waals surface area contributed by atoms with Gasteiger partial charge in [0.1, 0.15) is 11.9 Å². The maximum Gasteiger partial charge on any atom is 0.414 e. The minimum atomic E-state index is -3.28. The van der Waals surface area contributed by atoms with Crippen molar-refractivity contribution in [2.45, 2.75) is 18.5 Å². The normalized spacial score (nSPS) is 18.8. The zero-order chi connectivity index (χ0) is 18.9. The number of hydrogen-bond donors (Lipinski definition) is 0. The van der Waals surface area contributed by atoms with Gasteiger partial charge in [-0.2, -0.15) is 0 Å². The van der Waals surface area contributed by atoms with Crippen molar-refractivity contribution in [2.75, 3.05) is 31.4 Å². The summed E-state index contributed by atoms with van der Waals surface area (Å²) >= 11 is 0. The van der Waals surface area contributed by atoms with E-state index in [4.69, 9.17) is 14.2 Å². The monoisotopic (exact) mass is 379 g/mol. The van der Waals surface area contributed by atoms with E-state index in [1.807, 2.05) is 24.3 Å². The molecule has 0 radical (unpaired) electrons. The Morgan fingerprint density at radius 3 is 2.62 bits per heavy atom. The molecule has 1 aliphatic rings. The molecule has 1 amide bonds. The second-order valence-electron chi connectivity index (χ2n) is 6.28. The summed E-state index contributed by atoms with van der Waals surface area (Å²) in [6.45, 7) is 2.29. The number of ether oxygens (including phenoxy) is 3. The van der Waals surface area contributed by atoms with Crippen LogP contribution < -0.4 is 9.64 Å². The zero-order valence-electron chi connectivity index (χ0n) is 14.8. The molecule has 0 aliphatic carbocycles. The van der Waals surface area contributed by atoms with Crippen molar-refractivity contribution in [3.8, 4) is 5.75 Å². The fourth-order valence-corrected chi connectivity index (χ4v) is 3.02. The van der Waals surface area contributed by atoms with Crippen molar-refractivity contribution in [1.82, 2.24) is 0 Å². The molecule has 2 atom stereocenters. The van der Waals surface area contributed by atoms with Gasteiger partial charge in [-0.3, -0.25) is 4.90 Å². The zero-order valence-corrected chi connectivity index (χ0v) is 15.7. The summed E-state index contributed by atoms with van der Waals surface area (Å²) in [4.78, 5) is 13.6. The summed E-state index contributed by atoms with van der Waals surface area (Å²) in [5.41, 5.74) is -0.185. The van der Waals surface area contributed by atoms with Gasteiger partial charge in [-0.1, -0.05) is 12.1 Å². The molecule has 0 saturated carbocycles. The van der Waals surface area contributed by atoms with Crippen molar-refractivity contribution in [3.05, 3.63) is 36.4 Å². The molecule has 2 aromatic carbocycles. The number of nitrogens with zero attached hydrogens (tertiary/aromatic N) is 1. The Morgan fingerprint density at radius 1 is 1.23 bits per heavy atom. The van der Waals surface area contributed by atoms with Crippen LogP contribution in [0.5, 0.6) is 5.75 Å². The Kier molecular flexibility index (Phi) is 5.06. The van der Waals surface area contributed by atoms with Gasteiger partial charge < -0.3 is 14.2 Å². The van der Waals surface area contributed by atoms with Gasteiger partial charge in [0.2, 0.25) is 0 Å². The number of methoxy groups -OCH3 is 1. The minimum Gasteiger partial charge on any atom is -0.475 e. The van der Waals surface area contributed by atoms with Crippen LogP contribution in [0.15, 0.2) is 36.4 Å². The van der Waals surface area contributed by atoms with Crippen LogP contribution in [0.25, 0.3) is 10.8 Å². The second-order valence-corrected chi connectivity index (χ2v) is 8.60. The van der Waals surface area contributed by atoms with Gasteiger partial charge in [0.05, 0.1) is 13.2 Å². The highest BCUT2D eigenvalue weighted by atomic mass is 32.2. The number of sulfone groups is 1. The molecule has 1 saturated heterocycles. The molecular weight excluding hydrogens is 358 g/mol. The van der Waals surface area contributed by atoms with E-state index >= 15 is 0 Å². The van der Waals surface area contributed by atoms with Crippen molar-refractivity contribution in [1.29, 1.82) is 0 Å². The van der Waals surface area contributed by atoms with E-state index < -0.39 is 21.4 Å². The third-order valence-corrected chi connectivity index (χ3v) is 5.54. The molecule has 1 aliphatic heterocycles. The van der Waals surface area contributed by atoms with E-state index in [0.29, 0.717) is 18.9 Å². The quantitative estimate of drug-likeness (QED) is 0.767. The van der Waals surface area contributed by atoms with Crippen LogP contribution in [0.2, 0.25) is 0 Å². The van der Waals surface area contributed by atoms with E-state index in [-0.39, 0.29) is 6.10 Å². The predicted molar refractivity (Wildman–Crippen MR) is 98.4 cm³/mol. The van der Waals surface area contributed by atoms with Crippen LogP contribution in [0.1, 0.15) is 6.92 Å². The minimum absolute atomic E-state index is 0.281. The first-order chi connectivity index (χ1) is 12.3. The van der Waals surface area contributed by atoms with Crippen LogP contribution >= 0.6 is 0 Å². The third-order valence-electron chi connectivity index (χ3n) is 4.24. The Balaban J connectivity index is 1.82. The van der Waals surface area contributed by atoms with Crippen LogP contribution in [0, 0.1) is 0 Å². The van der Waals surface area contributed by atoms with Gasteiger partial charge in [0.15, 0.2) is 15.3 Å². The van der Waals surface area contributed by atoms with E-state index in [0.717, 1.165) is 22.7 Å². The summed E-state index contributed by atoms with van der Waals surface area (Å²) in [6, 6.07) is 10.9. The number of hydrogen-bond acceptors (Lipinski definition) is 6. The molecule has 2 aromatic rings. The molecule has 7 nitrogen and oxygen atoms in total. The SMILES string of the molecule is COCC1CN(c2ccc3cc(OC(C)S(C)(=O)=O)ccc3c2)C(=O)O1. The summed E-state index contributed by atoms with van der Waals surface area (Å²) < 4.78 is 38.8. The van der Waals surface area contributed by atoms with E-state index in [9.17, 15) is 13.2 Å². The van der Waals surface area contributed by atoms with Crippen molar-refractivity contribution in [2.24, 2.45) is 0 Å². The second kappa shape index (κ2) is 7.13. The van der Waals surface area contributed by atoms with Crippen molar-refractivity contribution >= 4 is 32.4 Å². The summed E-state index contributed by atoms with van der Waals surface area (Å²) in [5.74, 6) is 0.476. The Morgan fingerprint density at radius 2 is 1.92 bits per heavy atom. The van der Waals surface area contributed by atoms with E-state index in [2.05, 4.69) is 0 Å². The first-order valence-electron chi connectivity index (χ1n) is 8.14. The van der Waals surface area contributed by atoms with Crippen molar-refractivity contribution < 1.29 is 27.4 Å². The Hall–Kier alpha value is -2.32. The molecule has 1 fully saturated rings. The lowest BCUT2D eigenvalue weighted by Crippen LogP contribution is -2.25. The summed E-state index contributed by atoms with van der Waals surface area (Å²) in [6.07, 6.45) is 0.460. The van der Waals surface area contributed by atoms with Crippen LogP contribution in [0.3, 0.4) is 0 Å². The number of fused-ring (bicyclic) bond motifs is 1. The highest BCUT2D eigenvalue weighted by molar-refractivity contribution is 7.91. The topological polar surface area (TPSA) is 82.1 Å². The van der Waals surface area contributed by atoms with Crippen molar-refractivity contribution in [3.63, 3.8) is 0 Å². The lowest BCUT2D eigenvalue weighted by Gasteiger charge is -2.15. The molecule has 8 heteroatoms. The summed E-state index contributed by atoms with van der Waals surface area (Å²) in [7, 11) is -1.71. The number of cyclic esters (lactones) is 1. The van der Waals surface area contributed by atoms with Crippen LogP contribution in [-0.2, 0) is 19.3 Å². The first kappa shape index (κ1) is 18.5. The van der Waals surface area contributed by atoms with Gasteiger partial charge in [-0.25, -0.2) is 13.2 Å². The molecule has 1 heterocycles. The fraction of sp³-hybridized carbons (Fsp3) is 0.389.